The van der Waals surface area contributed by atoms with Gasteiger partial charge in [-0.2, -0.15) is 30.4 Å². The average molecular weight is 773 g/mol. The van der Waals surface area contributed by atoms with E-state index in [1.807, 2.05) is 0 Å². The lowest BCUT2D eigenvalue weighted by atomic mass is 10.2. The Morgan fingerprint density at radius 3 is 1.46 bits per heavy atom. The van der Waals surface area contributed by atoms with Crippen molar-refractivity contribution in [1.29, 1.82) is 0 Å². The Morgan fingerprint density at radius 2 is 0.979 bits per heavy atom. The van der Waals surface area contributed by atoms with Crippen molar-refractivity contribution in [1.82, 2.24) is 0 Å². The van der Waals surface area contributed by atoms with E-state index in [4.69, 9.17) is 20.6 Å². The Labute approximate surface area is 273 Å². The summed E-state index contributed by atoms with van der Waals surface area (Å²) in [5.41, 5.74) is 11.2. The number of nitrogens with two attached hydrogens (primary N) is 2. The number of benzene rings is 3. The predicted molar refractivity (Wildman–Crippen MR) is 165 cm³/mol. The number of nitrogen functional groups attached to an aromatic ring is 2. The Kier molecular flexibility index (Phi) is 11.7. The highest BCUT2D eigenvalue weighted by molar-refractivity contribution is 7.92. The van der Waals surface area contributed by atoms with Crippen LogP contribution < -0.4 is 11.5 Å². The second kappa shape index (κ2) is 14.6. The number of nitrogens with zero attached hydrogens (tertiary/aromatic N) is 4. The summed E-state index contributed by atoms with van der Waals surface area (Å²) >= 11 is 0. The van der Waals surface area contributed by atoms with Gasteiger partial charge in [0.2, 0.25) is 0 Å². The molecule has 0 atom stereocenters. The summed E-state index contributed by atoms with van der Waals surface area (Å²) in [5.74, 6) is -1.74. The fourth-order valence-electron chi connectivity index (χ4n) is 3.44. The van der Waals surface area contributed by atoms with E-state index in [-0.39, 0.29) is 33.3 Å². The summed E-state index contributed by atoms with van der Waals surface area (Å²) in [4.78, 5) is -1.87. The van der Waals surface area contributed by atoms with Crippen LogP contribution in [0.25, 0.3) is 0 Å². The molecule has 0 bridgehead atoms. The molecule has 262 valence electrons. The molecule has 3 aromatic carbocycles. The topological polar surface area (TPSA) is 351 Å². The predicted octanol–water partition coefficient (Wildman–Crippen LogP) is 2.11. The highest BCUT2D eigenvalue weighted by atomic mass is 32.3. The number of hydrogen-bond acceptors (Lipinski definition) is 18. The number of rotatable bonds is 15. The van der Waals surface area contributed by atoms with E-state index in [0.717, 1.165) is 24.3 Å². The van der Waals surface area contributed by atoms with Crippen LogP contribution in [-0.4, -0.2) is 80.5 Å². The van der Waals surface area contributed by atoms with Gasteiger partial charge in [-0.05, 0) is 54.6 Å². The molecule has 0 fully saturated rings. The molecule has 0 spiro atoms. The Bertz CT molecular complexity index is 2310. The molecule has 3 aromatic rings. The van der Waals surface area contributed by atoms with Crippen molar-refractivity contribution in [3.63, 3.8) is 0 Å². The van der Waals surface area contributed by atoms with Gasteiger partial charge in [-0.15, -0.1) is 15.3 Å². The Hall–Kier alpha value is -3.99. The van der Waals surface area contributed by atoms with Gasteiger partial charge in [0.25, 0.3) is 10.1 Å². The van der Waals surface area contributed by atoms with Crippen LogP contribution in [0.4, 0.5) is 34.1 Å². The quantitative estimate of drug-likeness (QED) is 0.0838. The van der Waals surface area contributed by atoms with Crippen LogP contribution in [0.3, 0.4) is 0 Å². The van der Waals surface area contributed by atoms with E-state index in [1.165, 1.54) is 24.3 Å². The SMILES string of the molecule is Nc1cc(N)c(/N=N/c2ccc(S(=O)(=O)CCOS(=O)(=O)O)cc2S(=O)(=O)O)cc1/N=N/c1ccc(S(=O)(=O)CCOS(=O)(=O)O)cc1. The third-order valence-electron chi connectivity index (χ3n) is 5.65. The van der Waals surface area contributed by atoms with Gasteiger partial charge in [-0.25, -0.2) is 25.2 Å². The van der Waals surface area contributed by atoms with Gasteiger partial charge in [-0.3, -0.25) is 13.7 Å². The molecular formula is C22H24N6O15S5. The second-order valence-corrected chi connectivity index (χ2v) is 16.9. The molecule has 0 unspecified atom stereocenters. The molecule has 0 saturated heterocycles. The lowest BCUT2D eigenvalue weighted by molar-refractivity contribution is 0.282. The van der Waals surface area contributed by atoms with Gasteiger partial charge in [0.15, 0.2) is 19.7 Å². The summed E-state index contributed by atoms with van der Waals surface area (Å²) in [6, 6.07) is 9.53. The van der Waals surface area contributed by atoms with Gasteiger partial charge in [0.05, 0.1) is 51.6 Å². The molecule has 3 rings (SSSR count). The lowest BCUT2D eigenvalue weighted by Gasteiger charge is -2.08. The third kappa shape index (κ3) is 11.3. The maximum Gasteiger partial charge on any atom is 0.397 e. The van der Waals surface area contributed by atoms with Crippen LogP contribution in [0.5, 0.6) is 0 Å². The monoisotopic (exact) mass is 772 g/mol. The van der Waals surface area contributed by atoms with Crippen LogP contribution >= 0.6 is 0 Å². The van der Waals surface area contributed by atoms with Crippen LogP contribution in [-0.2, 0) is 59.0 Å². The van der Waals surface area contributed by atoms with Crippen molar-refractivity contribution in [2.45, 2.75) is 14.7 Å². The van der Waals surface area contributed by atoms with Gasteiger partial charge >= 0.3 is 20.8 Å². The van der Waals surface area contributed by atoms with Crippen LogP contribution in [0.2, 0.25) is 0 Å². The minimum Gasteiger partial charge on any atom is -0.397 e. The molecule has 0 heterocycles. The van der Waals surface area contributed by atoms with Gasteiger partial charge in [0, 0.05) is 0 Å². The summed E-state index contributed by atoms with van der Waals surface area (Å²) < 4.78 is 151. The smallest absolute Gasteiger partial charge is 0.397 e. The van der Waals surface area contributed by atoms with E-state index < -0.39 is 90.8 Å². The maximum absolute atomic E-state index is 12.5. The fraction of sp³-hybridized carbons (Fsp3) is 0.182. The summed E-state index contributed by atoms with van der Waals surface area (Å²) in [6.45, 7) is -1.81. The van der Waals surface area contributed by atoms with Crippen LogP contribution in [0.15, 0.2) is 89.7 Å². The number of hydrogen-bond donors (Lipinski definition) is 5. The van der Waals surface area contributed by atoms with Gasteiger partial charge in [-0.1, -0.05) is 0 Å². The first-order valence-electron chi connectivity index (χ1n) is 12.4. The summed E-state index contributed by atoms with van der Waals surface area (Å²) in [6.07, 6.45) is 0. The van der Waals surface area contributed by atoms with Crippen molar-refractivity contribution in [2.75, 3.05) is 36.2 Å². The molecule has 0 aliphatic carbocycles. The minimum absolute atomic E-state index is 0.000560. The Balaban J connectivity index is 1.86. The van der Waals surface area contributed by atoms with Gasteiger partial charge in [0.1, 0.15) is 22.0 Å². The molecule has 0 aromatic heterocycles. The Morgan fingerprint density at radius 1 is 0.542 bits per heavy atom. The zero-order chi connectivity index (χ0) is 36.1. The normalized spacial score (nSPS) is 13.4. The molecule has 7 N–H and O–H groups in total. The molecule has 0 aliphatic heterocycles. The van der Waals surface area contributed by atoms with Crippen molar-refractivity contribution >= 4 is 84.7 Å². The largest absolute Gasteiger partial charge is 0.397 e. The van der Waals surface area contributed by atoms with Crippen LogP contribution in [0.1, 0.15) is 0 Å². The van der Waals surface area contributed by atoms with E-state index in [9.17, 15) is 46.6 Å². The first-order chi connectivity index (χ1) is 22.0. The summed E-state index contributed by atoms with van der Waals surface area (Å²) in [5, 5.41) is 15.4. The molecule has 26 heteroatoms. The number of azo groups is 2. The van der Waals surface area contributed by atoms with E-state index in [0.29, 0.717) is 6.07 Å². The minimum atomic E-state index is -5.10. The van der Waals surface area contributed by atoms with Crippen molar-refractivity contribution < 1.29 is 64.1 Å². The van der Waals surface area contributed by atoms with Crippen LogP contribution in [0, 0.1) is 0 Å². The number of sulfone groups is 2. The number of anilines is 2. The first kappa shape index (κ1) is 38.5. The molecule has 48 heavy (non-hydrogen) atoms. The molecule has 21 nitrogen and oxygen atoms in total. The van der Waals surface area contributed by atoms with Crippen molar-refractivity contribution in [3.05, 3.63) is 54.6 Å². The second-order valence-electron chi connectivity index (χ2n) is 9.11. The van der Waals surface area contributed by atoms with Gasteiger partial charge < -0.3 is 11.5 Å². The van der Waals surface area contributed by atoms with E-state index in [2.05, 4.69) is 28.8 Å². The summed E-state index contributed by atoms with van der Waals surface area (Å²) in [7, 11) is -23.2. The molecule has 0 saturated carbocycles. The molecule has 0 radical (unpaired) electrons. The highest BCUT2D eigenvalue weighted by Crippen LogP contribution is 2.36. The maximum atomic E-state index is 12.5. The fourth-order valence-corrected chi connectivity index (χ4v) is 7.16. The third-order valence-corrected chi connectivity index (χ3v) is 10.8. The van der Waals surface area contributed by atoms with Crippen molar-refractivity contribution in [2.24, 2.45) is 20.5 Å². The van der Waals surface area contributed by atoms with E-state index >= 15 is 0 Å². The first-order valence-corrected chi connectivity index (χ1v) is 19.9. The lowest BCUT2D eigenvalue weighted by Crippen LogP contribution is -2.16. The van der Waals surface area contributed by atoms with E-state index in [1.54, 1.807) is 0 Å². The molecule has 0 amide bonds. The zero-order valence-corrected chi connectivity index (χ0v) is 27.8. The van der Waals surface area contributed by atoms with Crippen molar-refractivity contribution in [3.8, 4) is 0 Å². The average Bonchev–Trinajstić information content (AvgIpc) is 2.94. The standard InChI is InChI=1S/C22H24N6O15S5/c23-17-12-18(24)21(13-20(17)27-25-14-1-3-15(4-2-14)44(29,30)9-7-42-47(36,37)38)28-26-19-6-5-16(11-22(19)46(33,34)35)45(31,32)10-8-43-48(39,40)41/h1-6,11-13H,7-10,23-24H2,(H,33,34,35)(H,36,37,38)(H,39,40,41)/b27-25+,28-26+. The molecule has 0 aliphatic rings. The zero-order valence-electron chi connectivity index (χ0n) is 23.7. The molecular weight excluding hydrogens is 749 g/mol. The highest BCUT2D eigenvalue weighted by Gasteiger charge is 2.23.